The van der Waals surface area contributed by atoms with Crippen LogP contribution in [0.15, 0.2) is 164 Å². The summed E-state index contributed by atoms with van der Waals surface area (Å²) in [6, 6.07) is 52.9. The van der Waals surface area contributed by atoms with Crippen molar-refractivity contribution in [1.82, 2.24) is 4.98 Å². The Morgan fingerprint density at radius 1 is 0.490 bits per heavy atom. The zero-order chi connectivity index (χ0) is 34.6. The van der Waals surface area contributed by atoms with E-state index in [4.69, 9.17) is 5.32 Å². The van der Waals surface area contributed by atoms with Crippen molar-refractivity contribution in [2.24, 2.45) is 0 Å². The minimum Gasteiger partial charge on any atom is -0.676 e. The first-order valence-electron chi connectivity index (χ1n) is 16.6. The Balaban J connectivity index is 0.000000303. The Hall–Kier alpha value is -4.46. The second-order valence-corrected chi connectivity index (χ2v) is 12.1. The predicted molar refractivity (Wildman–Crippen MR) is 207 cm³/mol. The molecule has 6 rings (SSSR count). The minimum atomic E-state index is 0. The summed E-state index contributed by atoms with van der Waals surface area (Å²) in [5.41, 5.74) is 9.30. The van der Waals surface area contributed by atoms with Crippen LogP contribution in [0.2, 0.25) is 0 Å². The van der Waals surface area contributed by atoms with Crippen LogP contribution in [0.1, 0.15) is 84.6 Å². The minimum absolute atomic E-state index is 0. The number of hydrogen-bond acceptors (Lipinski definition) is 1. The summed E-state index contributed by atoms with van der Waals surface area (Å²) in [4.78, 5) is 4.63. The molecular weight excluding hydrogens is 672 g/mol. The number of hydrogen-bond donors (Lipinski definition) is 0. The molecule has 0 aliphatic rings. The molecule has 6 aromatic rings. The van der Waals surface area contributed by atoms with E-state index >= 15 is 0 Å². The van der Waals surface area contributed by atoms with Gasteiger partial charge in [-0.3, -0.25) is 4.98 Å². The Morgan fingerprint density at radius 3 is 1.20 bits per heavy atom. The van der Waals surface area contributed by atoms with E-state index in [2.05, 4.69) is 108 Å². The van der Waals surface area contributed by atoms with Crippen LogP contribution in [0.4, 0.5) is 5.69 Å². The number of benzene rings is 5. The molecule has 1 heterocycles. The Morgan fingerprint density at radius 2 is 0.878 bits per heavy atom. The van der Waals surface area contributed by atoms with Crippen molar-refractivity contribution in [3.8, 4) is 0 Å². The third-order valence-electron chi connectivity index (χ3n) is 7.46. The van der Waals surface area contributed by atoms with Crippen LogP contribution in [0.5, 0.6) is 0 Å². The monoisotopic (exact) mass is 720 g/mol. The molecule has 2 nitrogen and oxygen atoms in total. The maximum atomic E-state index is 5.30. The summed E-state index contributed by atoms with van der Waals surface area (Å²) in [5.74, 6) is 0.868. The number of pyridine rings is 1. The van der Waals surface area contributed by atoms with Crippen LogP contribution in [0.25, 0.3) is 5.32 Å². The molecule has 49 heavy (non-hydrogen) atoms. The average molecular weight is 722 g/mol. The van der Waals surface area contributed by atoms with Gasteiger partial charge in [-0.2, -0.15) is 73.9 Å². The summed E-state index contributed by atoms with van der Waals surface area (Å²) in [7, 11) is 0. The number of nitrogens with zero attached hydrogens (tertiary/aromatic N) is 2. The number of rotatable bonds is 7. The molecule has 0 fully saturated rings. The maximum absolute atomic E-state index is 5.30. The standard InChI is InChI=1S/C25H29N2.3C7H7.Zr/c1-18(2)21-13-10-14-22(19(3)4)25(21)27-24(23-15-8-9-16-26-23)17-20-11-6-5-7-12-20;3*1-7-5-3-2-4-6-7;/h5-16,18-19,24H,17H2,1-4H3;3*2-6H,1H2;/q4*-1;+4. The molecule has 1 unspecified atom stereocenters. The van der Waals surface area contributed by atoms with Gasteiger partial charge in [-0.15, -0.1) is 42.1 Å². The topological polar surface area (TPSA) is 27.0 Å². The quantitative estimate of drug-likeness (QED) is 0.151. The summed E-state index contributed by atoms with van der Waals surface area (Å²) >= 11 is 0. The van der Waals surface area contributed by atoms with Gasteiger partial charge in [-0.25, -0.2) is 0 Å². The van der Waals surface area contributed by atoms with Crippen molar-refractivity contribution >= 4 is 5.69 Å². The van der Waals surface area contributed by atoms with Crippen LogP contribution in [-0.2, 0) is 32.6 Å². The molecule has 0 radical (unpaired) electrons. The Kier molecular flexibility index (Phi) is 19.1. The molecule has 1 aromatic heterocycles. The molecule has 1 atom stereocenters. The molecule has 3 heteroatoms. The number of aromatic nitrogens is 1. The molecule has 0 spiro atoms. The fraction of sp³-hybridized carbons (Fsp3) is 0.174. The zero-order valence-corrected chi connectivity index (χ0v) is 32.0. The van der Waals surface area contributed by atoms with Crippen molar-refractivity contribution in [2.75, 3.05) is 0 Å². The van der Waals surface area contributed by atoms with Crippen molar-refractivity contribution in [3.63, 3.8) is 0 Å². The van der Waals surface area contributed by atoms with E-state index in [1.807, 2.05) is 109 Å². The summed E-state index contributed by atoms with van der Waals surface area (Å²) in [6.45, 7) is 20.1. The van der Waals surface area contributed by atoms with Crippen LogP contribution >= 0.6 is 0 Å². The second kappa shape index (κ2) is 23.0. The molecule has 0 amide bonds. The van der Waals surface area contributed by atoms with Crippen molar-refractivity contribution in [2.45, 2.75) is 52.0 Å². The van der Waals surface area contributed by atoms with Crippen molar-refractivity contribution in [1.29, 1.82) is 0 Å². The van der Waals surface area contributed by atoms with E-state index < -0.39 is 0 Å². The van der Waals surface area contributed by atoms with Crippen LogP contribution < -0.4 is 0 Å². The molecule has 0 aliphatic carbocycles. The zero-order valence-electron chi connectivity index (χ0n) is 29.5. The van der Waals surface area contributed by atoms with E-state index in [-0.39, 0.29) is 32.2 Å². The Labute approximate surface area is 316 Å². The van der Waals surface area contributed by atoms with E-state index in [0.717, 1.165) is 34.5 Å². The normalized spacial score (nSPS) is 10.5. The van der Waals surface area contributed by atoms with Gasteiger partial charge in [0.25, 0.3) is 0 Å². The van der Waals surface area contributed by atoms with Gasteiger partial charge in [0, 0.05) is 11.9 Å². The molecule has 0 N–H and O–H groups in total. The van der Waals surface area contributed by atoms with E-state index in [0.29, 0.717) is 11.8 Å². The van der Waals surface area contributed by atoms with Crippen molar-refractivity contribution in [3.05, 3.63) is 229 Å². The van der Waals surface area contributed by atoms with Gasteiger partial charge < -0.3 is 5.32 Å². The first-order valence-corrected chi connectivity index (χ1v) is 16.6. The smallest absolute Gasteiger partial charge is 0.676 e. The molecule has 0 saturated heterocycles. The molecule has 5 aromatic carbocycles. The SMILES string of the molecule is CC(C)c1cccc(C(C)C)c1[N-]C(Cc1ccccc1)c1ccccn1.[CH2-]c1ccccc1.[CH2-]c1ccccc1.[CH2-]c1ccccc1.[Zr+4]. The van der Waals surface area contributed by atoms with E-state index in [1.54, 1.807) is 0 Å². The molecule has 0 saturated carbocycles. The van der Waals surface area contributed by atoms with Crippen LogP contribution in [0, 0.1) is 20.8 Å². The third kappa shape index (κ3) is 15.5. The fourth-order valence-electron chi connectivity index (χ4n) is 4.88. The average Bonchev–Trinajstić information content (AvgIpc) is 3.10. The van der Waals surface area contributed by atoms with Gasteiger partial charge in [0.05, 0.1) is 0 Å². The van der Waals surface area contributed by atoms with E-state index in [9.17, 15) is 0 Å². The first kappa shape index (κ1) is 40.7. The van der Waals surface area contributed by atoms with Gasteiger partial charge in [-0.1, -0.05) is 118 Å². The molecule has 248 valence electrons. The van der Waals surface area contributed by atoms with E-state index in [1.165, 1.54) is 16.7 Å². The molecule has 0 bridgehead atoms. The second-order valence-electron chi connectivity index (χ2n) is 12.1. The summed E-state index contributed by atoms with van der Waals surface area (Å²) in [5, 5.41) is 5.30. The van der Waals surface area contributed by atoms with Gasteiger partial charge in [0.15, 0.2) is 0 Å². The summed E-state index contributed by atoms with van der Waals surface area (Å²) in [6.07, 6.45) is 2.71. The predicted octanol–water partition coefficient (Wildman–Crippen LogP) is 12.9. The van der Waals surface area contributed by atoms with Crippen molar-refractivity contribution < 1.29 is 26.2 Å². The fourth-order valence-corrected chi connectivity index (χ4v) is 4.88. The number of para-hydroxylation sites is 1. The van der Waals surface area contributed by atoms with Crippen LogP contribution in [-0.4, -0.2) is 4.98 Å². The maximum Gasteiger partial charge on any atom is 4.00 e. The summed E-state index contributed by atoms with van der Waals surface area (Å²) < 4.78 is 0. The largest absolute Gasteiger partial charge is 4.00 e. The van der Waals surface area contributed by atoms with Gasteiger partial charge in [-0.05, 0) is 36.0 Å². The van der Waals surface area contributed by atoms with Gasteiger partial charge in [0.1, 0.15) is 0 Å². The Bertz CT molecular complexity index is 1560. The first-order chi connectivity index (χ1) is 23.2. The van der Waals surface area contributed by atoms with Gasteiger partial charge in [0.2, 0.25) is 0 Å². The third-order valence-corrected chi connectivity index (χ3v) is 7.46. The van der Waals surface area contributed by atoms with Gasteiger partial charge >= 0.3 is 26.2 Å². The molecule has 0 aliphatic heterocycles. The molecular formula is C46H50N2Zr. The van der Waals surface area contributed by atoms with Crippen LogP contribution in [0.3, 0.4) is 0 Å².